The summed E-state index contributed by atoms with van der Waals surface area (Å²) in [6.45, 7) is 7.42. The molecule has 0 rings (SSSR count). The van der Waals surface area contributed by atoms with E-state index >= 15 is 0 Å². The van der Waals surface area contributed by atoms with Crippen LogP contribution in [0.4, 0.5) is 0 Å². The van der Waals surface area contributed by atoms with Crippen molar-refractivity contribution >= 4 is 14.0 Å². The number of hydrogen-bond donors (Lipinski definition) is 2. The standard InChI is InChI=1S/C6H15NO2Si/c1-6(7,5(8)9)10(2,3)4/h7H2,1-4H3,(H,8,9)/t6-/m1/s1. The summed E-state index contributed by atoms with van der Waals surface area (Å²) in [7, 11) is -1.77. The summed E-state index contributed by atoms with van der Waals surface area (Å²) in [5.41, 5.74) is 5.60. The molecular weight excluding hydrogens is 146 g/mol. The summed E-state index contributed by atoms with van der Waals surface area (Å²) in [5.74, 6) is -0.897. The highest BCUT2D eigenvalue weighted by Gasteiger charge is 2.42. The monoisotopic (exact) mass is 161 g/mol. The molecule has 0 aromatic rings. The van der Waals surface area contributed by atoms with Crippen molar-refractivity contribution in [2.45, 2.75) is 31.7 Å². The average Bonchev–Trinajstić information content (AvgIpc) is 1.62. The van der Waals surface area contributed by atoms with Crippen LogP contribution in [-0.2, 0) is 4.79 Å². The van der Waals surface area contributed by atoms with Gasteiger partial charge < -0.3 is 10.8 Å². The van der Waals surface area contributed by atoms with Crippen molar-refractivity contribution in [2.75, 3.05) is 0 Å². The third-order valence-corrected chi connectivity index (χ3v) is 5.33. The molecule has 10 heavy (non-hydrogen) atoms. The van der Waals surface area contributed by atoms with Gasteiger partial charge in [0, 0.05) is 0 Å². The van der Waals surface area contributed by atoms with Crippen LogP contribution in [-0.4, -0.2) is 24.3 Å². The molecule has 0 aliphatic heterocycles. The fourth-order valence-corrected chi connectivity index (χ4v) is 0.962. The first kappa shape index (κ1) is 9.65. The van der Waals surface area contributed by atoms with Gasteiger partial charge >= 0.3 is 5.97 Å². The predicted octanol–water partition coefficient (Wildman–Crippen LogP) is 0.666. The van der Waals surface area contributed by atoms with Crippen molar-refractivity contribution < 1.29 is 9.90 Å². The molecule has 0 amide bonds. The molecule has 4 heteroatoms. The van der Waals surface area contributed by atoms with Crippen molar-refractivity contribution in [2.24, 2.45) is 5.73 Å². The van der Waals surface area contributed by atoms with Crippen LogP contribution in [0.1, 0.15) is 6.92 Å². The fourth-order valence-electron chi connectivity index (χ4n) is 0.321. The second-order valence-electron chi connectivity index (χ2n) is 3.76. The normalized spacial score (nSPS) is 18.1. The van der Waals surface area contributed by atoms with E-state index in [-0.39, 0.29) is 0 Å². The topological polar surface area (TPSA) is 63.3 Å². The van der Waals surface area contributed by atoms with Crippen LogP contribution in [0.3, 0.4) is 0 Å². The van der Waals surface area contributed by atoms with E-state index in [1.807, 2.05) is 19.6 Å². The summed E-state index contributed by atoms with van der Waals surface area (Å²) in [5, 5.41) is 7.68. The first-order chi connectivity index (χ1) is 4.19. The van der Waals surface area contributed by atoms with E-state index in [1.54, 1.807) is 6.92 Å². The van der Waals surface area contributed by atoms with Crippen molar-refractivity contribution in [1.29, 1.82) is 0 Å². The Bertz CT molecular complexity index is 148. The number of carbonyl (C=O) groups is 1. The molecule has 0 bridgehead atoms. The Balaban J connectivity index is 4.57. The Labute approximate surface area is 62.2 Å². The molecule has 3 N–H and O–H groups in total. The second kappa shape index (κ2) is 2.36. The molecule has 0 heterocycles. The zero-order valence-electron chi connectivity index (χ0n) is 6.93. The molecule has 0 unspecified atom stereocenters. The summed E-state index contributed by atoms with van der Waals surface area (Å²) in [6.07, 6.45) is 0. The van der Waals surface area contributed by atoms with E-state index in [1.165, 1.54) is 0 Å². The number of aliphatic carboxylic acids is 1. The van der Waals surface area contributed by atoms with Crippen molar-refractivity contribution in [3.05, 3.63) is 0 Å². The van der Waals surface area contributed by atoms with E-state index in [0.29, 0.717) is 0 Å². The molecule has 3 nitrogen and oxygen atoms in total. The van der Waals surface area contributed by atoms with Gasteiger partial charge in [-0.25, -0.2) is 0 Å². The van der Waals surface area contributed by atoms with Gasteiger partial charge in [0.25, 0.3) is 0 Å². The van der Waals surface area contributed by atoms with Crippen LogP contribution in [0.2, 0.25) is 19.6 Å². The van der Waals surface area contributed by atoms with Gasteiger partial charge in [-0.05, 0) is 6.92 Å². The molecule has 0 aromatic heterocycles. The quantitative estimate of drug-likeness (QED) is 0.585. The van der Waals surface area contributed by atoms with Crippen molar-refractivity contribution in [1.82, 2.24) is 0 Å². The fraction of sp³-hybridized carbons (Fsp3) is 0.833. The lowest BCUT2D eigenvalue weighted by Crippen LogP contribution is -2.62. The molecule has 0 radical (unpaired) electrons. The Morgan fingerprint density at radius 3 is 1.80 bits per heavy atom. The Morgan fingerprint density at radius 2 is 1.80 bits per heavy atom. The van der Waals surface area contributed by atoms with E-state index in [4.69, 9.17) is 10.8 Å². The van der Waals surface area contributed by atoms with Gasteiger partial charge in [0.1, 0.15) is 5.16 Å². The Morgan fingerprint density at radius 1 is 1.50 bits per heavy atom. The second-order valence-corrected chi connectivity index (χ2v) is 9.30. The molecule has 0 aromatic carbocycles. The van der Waals surface area contributed by atoms with Crippen LogP contribution in [0, 0.1) is 0 Å². The molecule has 0 spiro atoms. The zero-order valence-corrected chi connectivity index (χ0v) is 7.93. The first-order valence-electron chi connectivity index (χ1n) is 3.22. The summed E-state index contributed by atoms with van der Waals surface area (Å²) < 4.78 is 0. The van der Waals surface area contributed by atoms with Crippen LogP contribution in [0.25, 0.3) is 0 Å². The smallest absolute Gasteiger partial charge is 0.320 e. The summed E-state index contributed by atoms with van der Waals surface area (Å²) in [4.78, 5) is 10.6. The first-order valence-corrected chi connectivity index (χ1v) is 6.72. The molecule has 0 fully saturated rings. The summed E-state index contributed by atoms with van der Waals surface area (Å²) >= 11 is 0. The minimum Gasteiger partial charge on any atom is -0.480 e. The van der Waals surface area contributed by atoms with Crippen molar-refractivity contribution in [3.63, 3.8) is 0 Å². The molecule has 0 saturated carbocycles. The average molecular weight is 161 g/mol. The predicted molar refractivity (Wildman–Crippen MR) is 43.6 cm³/mol. The lowest BCUT2D eigenvalue weighted by Gasteiger charge is -2.32. The van der Waals surface area contributed by atoms with Gasteiger partial charge in [-0.2, -0.15) is 0 Å². The number of rotatable bonds is 2. The highest BCUT2D eigenvalue weighted by Crippen LogP contribution is 2.16. The maximum atomic E-state index is 10.6. The molecule has 1 atom stereocenters. The molecular formula is C6H15NO2Si. The zero-order chi connectivity index (χ0) is 8.58. The minimum absolute atomic E-state index is 0.897. The highest BCUT2D eigenvalue weighted by atomic mass is 28.3. The third kappa shape index (κ3) is 1.57. The molecule has 0 saturated heterocycles. The number of carboxylic acid groups (broad SMARTS) is 1. The van der Waals surface area contributed by atoms with Gasteiger partial charge in [0.2, 0.25) is 0 Å². The lowest BCUT2D eigenvalue weighted by molar-refractivity contribution is -0.139. The van der Waals surface area contributed by atoms with E-state index in [0.717, 1.165) is 0 Å². The van der Waals surface area contributed by atoms with Gasteiger partial charge in [0.05, 0.1) is 8.07 Å². The SMILES string of the molecule is C[C@](N)(C(=O)O)[Si](C)(C)C. The molecule has 0 aliphatic rings. The number of carboxylic acids is 1. The maximum Gasteiger partial charge on any atom is 0.320 e. The Hall–Kier alpha value is -0.353. The van der Waals surface area contributed by atoms with Gasteiger partial charge in [-0.3, -0.25) is 4.79 Å². The van der Waals surface area contributed by atoms with Crippen molar-refractivity contribution in [3.8, 4) is 0 Å². The largest absolute Gasteiger partial charge is 0.480 e. The van der Waals surface area contributed by atoms with Crippen LogP contribution in [0.15, 0.2) is 0 Å². The highest BCUT2D eigenvalue weighted by molar-refractivity contribution is 6.82. The van der Waals surface area contributed by atoms with Crippen LogP contribution >= 0.6 is 0 Å². The van der Waals surface area contributed by atoms with Crippen LogP contribution < -0.4 is 5.73 Å². The molecule has 60 valence electrons. The summed E-state index contributed by atoms with van der Waals surface area (Å²) in [6, 6.07) is 0. The Kier molecular flexibility index (Phi) is 2.27. The van der Waals surface area contributed by atoms with Gasteiger partial charge in [-0.1, -0.05) is 19.6 Å². The minimum atomic E-state index is -1.77. The molecule has 0 aliphatic carbocycles. The lowest BCUT2D eigenvalue weighted by atomic mass is 10.4. The van der Waals surface area contributed by atoms with Gasteiger partial charge in [0.15, 0.2) is 0 Å². The van der Waals surface area contributed by atoms with E-state index in [2.05, 4.69) is 0 Å². The van der Waals surface area contributed by atoms with Gasteiger partial charge in [-0.15, -0.1) is 0 Å². The van der Waals surface area contributed by atoms with E-state index < -0.39 is 19.2 Å². The third-order valence-electron chi connectivity index (χ3n) is 2.00. The number of nitrogens with two attached hydrogens (primary N) is 1. The number of hydrogen-bond acceptors (Lipinski definition) is 2. The van der Waals surface area contributed by atoms with Crippen LogP contribution in [0.5, 0.6) is 0 Å². The van der Waals surface area contributed by atoms with E-state index in [9.17, 15) is 4.79 Å². The maximum absolute atomic E-state index is 10.6.